The molecule has 0 aromatic heterocycles. The number of hydrogen-bond acceptors (Lipinski definition) is 3. The standard InChI is InChI=1S/C26H33N2O3P/c29-25-23(15-19-7-3-1-4-8-19)27(17-21-11-12-21)32(30)28(18-22-13-14-22)24(26(25)31-32)16-20-9-5-2-6-10-20/h1-10,21-26,29H,11-18H2/t23-,24-,25+,26+,32?/m1/s1. The number of fused-ring (bicyclic) bond motifs is 2. The first-order chi connectivity index (χ1) is 15.6. The van der Waals surface area contributed by atoms with E-state index in [-0.39, 0.29) is 12.1 Å². The van der Waals surface area contributed by atoms with Crippen LogP contribution in [-0.2, 0) is 21.9 Å². The Morgan fingerprint density at radius 2 is 1.25 bits per heavy atom. The quantitative estimate of drug-likeness (QED) is 0.597. The molecule has 1 N–H and O–H groups in total. The zero-order chi connectivity index (χ0) is 21.7. The Kier molecular flexibility index (Phi) is 5.52. The molecule has 2 aromatic rings. The summed E-state index contributed by atoms with van der Waals surface area (Å²) in [5.41, 5.74) is 2.39. The van der Waals surface area contributed by atoms with Gasteiger partial charge in [0.05, 0.1) is 18.2 Å². The largest absolute Gasteiger partial charge is 0.389 e. The molecule has 2 saturated heterocycles. The van der Waals surface area contributed by atoms with Gasteiger partial charge in [-0.25, -0.2) is 9.34 Å². The predicted molar refractivity (Wildman–Crippen MR) is 125 cm³/mol. The van der Waals surface area contributed by atoms with Crippen molar-refractivity contribution in [2.45, 2.75) is 62.8 Å². The van der Waals surface area contributed by atoms with Crippen LogP contribution in [0.5, 0.6) is 0 Å². The molecule has 0 amide bonds. The van der Waals surface area contributed by atoms with E-state index < -0.39 is 19.9 Å². The third kappa shape index (κ3) is 3.99. The van der Waals surface area contributed by atoms with Gasteiger partial charge in [0, 0.05) is 13.1 Å². The van der Waals surface area contributed by atoms with Crippen molar-refractivity contribution >= 4 is 7.67 Å². The molecule has 5 nitrogen and oxygen atoms in total. The maximum atomic E-state index is 14.7. The van der Waals surface area contributed by atoms with Crippen LogP contribution in [0.2, 0.25) is 0 Å². The number of nitrogens with zero attached hydrogens (tertiary/aromatic N) is 2. The Morgan fingerprint density at radius 3 is 1.75 bits per heavy atom. The highest BCUT2D eigenvalue weighted by atomic mass is 31.2. The van der Waals surface area contributed by atoms with Gasteiger partial charge >= 0.3 is 7.67 Å². The van der Waals surface area contributed by atoms with Gasteiger partial charge in [0.2, 0.25) is 0 Å². The molecule has 1 unspecified atom stereocenters. The van der Waals surface area contributed by atoms with Crippen molar-refractivity contribution in [3.05, 3.63) is 71.8 Å². The molecule has 0 radical (unpaired) electrons. The van der Waals surface area contributed by atoms with Crippen LogP contribution in [0.1, 0.15) is 36.8 Å². The average Bonchev–Trinajstić information content (AvgIpc) is 3.73. The second-order valence-corrected chi connectivity index (χ2v) is 12.4. The summed E-state index contributed by atoms with van der Waals surface area (Å²) in [4.78, 5) is 0. The van der Waals surface area contributed by atoms with Crippen molar-refractivity contribution in [2.75, 3.05) is 13.1 Å². The van der Waals surface area contributed by atoms with Gasteiger partial charge in [-0.1, -0.05) is 60.7 Å². The van der Waals surface area contributed by atoms with Gasteiger partial charge in [-0.2, -0.15) is 0 Å². The second kappa shape index (κ2) is 8.38. The lowest BCUT2D eigenvalue weighted by atomic mass is 9.91. The maximum Gasteiger partial charge on any atom is 0.347 e. The third-order valence-corrected chi connectivity index (χ3v) is 10.4. The lowest BCUT2D eigenvalue weighted by Crippen LogP contribution is -2.53. The summed E-state index contributed by atoms with van der Waals surface area (Å²) in [5, 5.41) is 11.6. The van der Waals surface area contributed by atoms with Gasteiger partial charge in [-0.3, -0.25) is 9.09 Å². The van der Waals surface area contributed by atoms with Crippen LogP contribution in [0.25, 0.3) is 0 Å². The SMILES string of the molecule is O=P12O[C@H]([C@@H](O)[C@@H](Cc3ccccc3)N1CC1CC1)[C@@H](Cc1ccccc1)N2CC1CC1. The van der Waals surface area contributed by atoms with Crippen molar-refractivity contribution in [3.63, 3.8) is 0 Å². The molecular formula is C26H33N2O3P. The fraction of sp³-hybridized carbons (Fsp3) is 0.538. The molecule has 6 rings (SSSR count). The van der Waals surface area contributed by atoms with Crippen LogP contribution in [0, 0.1) is 11.8 Å². The molecule has 32 heavy (non-hydrogen) atoms. The minimum absolute atomic E-state index is 0.0543. The molecule has 2 aliphatic carbocycles. The van der Waals surface area contributed by atoms with Crippen LogP contribution < -0.4 is 0 Å². The van der Waals surface area contributed by atoms with Crippen molar-refractivity contribution in [2.24, 2.45) is 11.8 Å². The van der Waals surface area contributed by atoms with Crippen LogP contribution in [0.3, 0.4) is 0 Å². The summed E-state index contributed by atoms with van der Waals surface area (Å²) in [6.07, 6.45) is 5.17. The van der Waals surface area contributed by atoms with E-state index >= 15 is 0 Å². The molecule has 5 atom stereocenters. The summed E-state index contributed by atoms with van der Waals surface area (Å²) in [7, 11) is -3.19. The van der Waals surface area contributed by atoms with Gasteiger partial charge < -0.3 is 5.11 Å². The number of hydrogen-bond donors (Lipinski definition) is 1. The normalized spacial score (nSPS) is 35.3. The van der Waals surface area contributed by atoms with E-state index in [0.717, 1.165) is 19.5 Å². The van der Waals surface area contributed by atoms with Crippen LogP contribution in [0.4, 0.5) is 0 Å². The molecule has 6 heteroatoms. The molecule has 2 saturated carbocycles. The van der Waals surface area contributed by atoms with E-state index in [4.69, 9.17) is 4.52 Å². The van der Waals surface area contributed by atoms with E-state index in [1.54, 1.807) is 0 Å². The zero-order valence-corrected chi connectivity index (χ0v) is 19.4. The second-order valence-electron chi connectivity index (χ2n) is 10.2. The first-order valence-corrected chi connectivity index (χ1v) is 13.7. The van der Waals surface area contributed by atoms with Gasteiger partial charge in [0.25, 0.3) is 0 Å². The van der Waals surface area contributed by atoms with Crippen molar-refractivity contribution in [1.82, 2.24) is 9.34 Å². The van der Waals surface area contributed by atoms with Crippen molar-refractivity contribution in [3.8, 4) is 0 Å². The molecule has 2 aliphatic heterocycles. The molecule has 2 heterocycles. The van der Waals surface area contributed by atoms with Crippen LogP contribution >= 0.6 is 7.67 Å². The molecule has 0 spiro atoms. The Morgan fingerprint density at radius 1 is 0.781 bits per heavy atom. The molecular weight excluding hydrogens is 419 g/mol. The average molecular weight is 453 g/mol. The van der Waals surface area contributed by atoms with Crippen LogP contribution in [0.15, 0.2) is 60.7 Å². The first-order valence-electron chi connectivity index (χ1n) is 12.2. The smallest absolute Gasteiger partial charge is 0.347 e. The van der Waals surface area contributed by atoms with E-state index in [1.807, 2.05) is 24.3 Å². The summed E-state index contributed by atoms with van der Waals surface area (Å²) in [5.74, 6) is 1.18. The lowest BCUT2D eigenvalue weighted by molar-refractivity contribution is -0.0368. The minimum Gasteiger partial charge on any atom is -0.389 e. The Labute approximate surface area is 190 Å². The third-order valence-electron chi connectivity index (χ3n) is 7.64. The van der Waals surface area contributed by atoms with Crippen LogP contribution in [-0.4, -0.2) is 51.8 Å². The topological polar surface area (TPSA) is 53.0 Å². The number of rotatable bonds is 8. The lowest BCUT2D eigenvalue weighted by Gasteiger charge is -2.43. The van der Waals surface area contributed by atoms with Gasteiger partial charge in [0.1, 0.15) is 6.10 Å². The molecule has 4 aliphatic rings. The van der Waals surface area contributed by atoms with E-state index in [2.05, 4.69) is 45.7 Å². The highest BCUT2D eigenvalue weighted by Crippen LogP contribution is 2.68. The van der Waals surface area contributed by atoms with E-state index in [1.165, 1.54) is 36.8 Å². The highest BCUT2D eigenvalue weighted by molar-refractivity contribution is 7.54. The van der Waals surface area contributed by atoms with Gasteiger partial charge in [-0.05, 0) is 61.5 Å². The maximum absolute atomic E-state index is 14.7. The highest BCUT2D eigenvalue weighted by Gasteiger charge is 2.63. The Hall–Kier alpha value is -1.49. The predicted octanol–water partition coefficient (Wildman–Crippen LogP) is 4.51. The number of aliphatic hydroxyl groups excluding tert-OH is 1. The summed E-state index contributed by atoms with van der Waals surface area (Å²) >= 11 is 0. The summed E-state index contributed by atoms with van der Waals surface area (Å²) in [6, 6.07) is 20.5. The van der Waals surface area contributed by atoms with Gasteiger partial charge in [-0.15, -0.1) is 0 Å². The van der Waals surface area contributed by atoms with Gasteiger partial charge in [0.15, 0.2) is 0 Å². The zero-order valence-electron chi connectivity index (χ0n) is 18.5. The van der Waals surface area contributed by atoms with E-state index in [0.29, 0.717) is 18.3 Å². The molecule has 170 valence electrons. The molecule has 2 bridgehead atoms. The van der Waals surface area contributed by atoms with E-state index in [9.17, 15) is 9.67 Å². The Bertz CT molecular complexity index is 940. The molecule has 4 fully saturated rings. The number of aliphatic hydroxyl groups is 1. The number of benzene rings is 2. The first kappa shape index (κ1) is 21.1. The monoisotopic (exact) mass is 452 g/mol. The minimum atomic E-state index is -3.19. The molecule has 2 aromatic carbocycles. The van der Waals surface area contributed by atoms with Crippen molar-refractivity contribution < 1.29 is 14.2 Å². The fourth-order valence-corrected chi connectivity index (χ4v) is 8.67. The summed E-state index contributed by atoms with van der Waals surface area (Å²) < 4.78 is 25.4. The fourth-order valence-electron chi connectivity index (χ4n) is 5.49. The summed E-state index contributed by atoms with van der Waals surface area (Å²) in [6.45, 7) is 1.58. The Balaban J connectivity index is 1.37. The van der Waals surface area contributed by atoms with Crippen molar-refractivity contribution in [1.29, 1.82) is 0 Å².